The highest BCUT2D eigenvalue weighted by Gasteiger charge is 2.21. The summed E-state index contributed by atoms with van der Waals surface area (Å²) in [6.07, 6.45) is 2.10. The van der Waals surface area contributed by atoms with Gasteiger partial charge in [0.05, 0.1) is 26.9 Å². The molecule has 1 aromatic heterocycles. The van der Waals surface area contributed by atoms with Crippen LogP contribution in [0.5, 0.6) is 17.2 Å². The van der Waals surface area contributed by atoms with E-state index < -0.39 is 18.0 Å². The lowest BCUT2D eigenvalue weighted by Crippen LogP contribution is -2.29. The van der Waals surface area contributed by atoms with E-state index in [9.17, 15) is 9.59 Å². The van der Waals surface area contributed by atoms with E-state index in [1.807, 2.05) is 0 Å². The SMILES string of the molecule is COc1cc(NC(=O)C(C)OC(=O)c2cc[nH]c2)cc(OC)c1OC. The summed E-state index contributed by atoms with van der Waals surface area (Å²) in [5.41, 5.74) is 0.761. The maximum Gasteiger partial charge on any atom is 0.340 e. The van der Waals surface area contributed by atoms with Gasteiger partial charge in [-0.05, 0) is 13.0 Å². The number of methoxy groups -OCH3 is 3. The maximum absolute atomic E-state index is 12.3. The van der Waals surface area contributed by atoms with Gasteiger partial charge in [0.1, 0.15) is 0 Å². The summed E-state index contributed by atoms with van der Waals surface area (Å²) in [7, 11) is 4.44. The number of ether oxygens (including phenoxy) is 4. The van der Waals surface area contributed by atoms with Gasteiger partial charge in [0.25, 0.3) is 5.91 Å². The van der Waals surface area contributed by atoms with E-state index in [4.69, 9.17) is 18.9 Å². The molecule has 2 N–H and O–H groups in total. The van der Waals surface area contributed by atoms with Crippen LogP contribution in [-0.4, -0.2) is 44.3 Å². The monoisotopic (exact) mass is 348 g/mol. The lowest BCUT2D eigenvalue weighted by molar-refractivity contribution is -0.123. The average molecular weight is 348 g/mol. The topological polar surface area (TPSA) is 98.9 Å². The predicted octanol–water partition coefficient (Wildman–Crippen LogP) is 2.22. The molecule has 0 spiro atoms. The minimum Gasteiger partial charge on any atom is -0.493 e. The quantitative estimate of drug-likeness (QED) is 0.745. The van der Waals surface area contributed by atoms with Gasteiger partial charge in [0.15, 0.2) is 17.6 Å². The third-order valence-corrected chi connectivity index (χ3v) is 3.42. The van der Waals surface area contributed by atoms with Crippen molar-refractivity contribution in [2.75, 3.05) is 26.6 Å². The number of rotatable bonds is 7. The van der Waals surface area contributed by atoms with Gasteiger partial charge < -0.3 is 29.2 Å². The number of amides is 1. The molecule has 1 aromatic carbocycles. The standard InChI is InChI=1S/C17H20N2O6/c1-10(25-17(21)11-5-6-18-9-11)16(20)19-12-7-13(22-2)15(24-4)14(8-12)23-3/h5-10,18H,1-4H3,(H,19,20). The molecule has 0 aliphatic rings. The summed E-state index contributed by atoms with van der Waals surface area (Å²) in [4.78, 5) is 26.9. The fourth-order valence-corrected chi connectivity index (χ4v) is 2.13. The van der Waals surface area contributed by atoms with E-state index in [-0.39, 0.29) is 0 Å². The average Bonchev–Trinajstić information content (AvgIpc) is 3.15. The number of aromatic amines is 1. The molecular formula is C17H20N2O6. The normalized spacial score (nSPS) is 11.4. The fourth-order valence-electron chi connectivity index (χ4n) is 2.13. The first kappa shape index (κ1) is 18.2. The minimum atomic E-state index is -0.985. The lowest BCUT2D eigenvalue weighted by Gasteiger charge is -2.16. The van der Waals surface area contributed by atoms with Crippen molar-refractivity contribution in [3.05, 3.63) is 36.2 Å². The number of hydrogen-bond donors (Lipinski definition) is 2. The Morgan fingerprint density at radius 2 is 1.72 bits per heavy atom. The second-order valence-electron chi connectivity index (χ2n) is 5.05. The van der Waals surface area contributed by atoms with Crippen molar-refractivity contribution in [2.24, 2.45) is 0 Å². The summed E-state index contributed by atoms with van der Waals surface area (Å²) >= 11 is 0. The van der Waals surface area contributed by atoms with Crippen LogP contribution in [0.2, 0.25) is 0 Å². The lowest BCUT2D eigenvalue weighted by atomic mass is 10.2. The largest absolute Gasteiger partial charge is 0.493 e. The summed E-state index contributed by atoms with van der Waals surface area (Å²) < 4.78 is 20.8. The second kappa shape index (κ2) is 8.09. The Kier molecular flexibility index (Phi) is 5.89. The highest BCUT2D eigenvalue weighted by atomic mass is 16.5. The molecule has 8 nitrogen and oxygen atoms in total. The van der Waals surface area contributed by atoms with Gasteiger partial charge >= 0.3 is 5.97 Å². The van der Waals surface area contributed by atoms with Crippen LogP contribution in [0.25, 0.3) is 0 Å². The molecule has 0 radical (unpaired) electrons. The van der Waals surface area contributed by atoms with Gasteiger partial charge in [0, 0.05) is 30.2 Å². The Hall–Kier alpha value is -3.16. The molecule has 0 aliphatic heterocycles. The highest BCUT2D eigenvalue weighted by molar-refractivity contribution is 5.97. The van der Waals surface area contributed by atoms with Crippen molar-refractivity contribution in [1.82, 2.24) is 4.98 Å². The molecule has 2 aromatic rings. The Bertz CT molecular complexity index is 717. The number of H-pyrrole nitrogens is 1. The molecule has 0 aliphatic carbocycles. The van der Waals surface area contributed by atoms with Crippen LogP contribution in [0, 0.1) is 0 Å². The van der Waals surface area contributed by atoms with Crippen LogP contribution in [0.4, 0.5) is 5.69 Å². The molecule has 25 heavy (non-hydrogen) atoms. The summed E-state index contributed by atoms with van der Waals surface area (Å²) in [5.74, 6) is 0.130. The Morgan fingerprint density at radius 1 is 1.08 bits per heavy atom. The molecule has 0 saturated carbocycles. The fraction of sp³-hybridized carbons (Fsp3) is 0.294. The number of anilines is 1. The summed E-state index contributed by atoms with van der Waals surface area (Å²) in [6.45, 7) is 1.48. The minimum absolute atomic E-state index is 0.340. The zero-order valence-electron chi connectivity index (χ0n) is 14.4. The van der Waals surface area contributed by atoms with E-state index in [0.717, 1.165) is 0 Å². The molecule has 134 valence electrons. The zero-order valence-corrected chi connectivity index (χ0v) is 14.4. The Morgan fingerprint density at radius 3 is 2.20 bits per heavy atom. The highest BCUT2D eigenvalue weighted by Crippen LogP contribution is 2.39. The van der Waals surface area contributed by atoms with Crippen LogP contribution in [0.1, 0.15) is 17.3 Å². The first-order valence-electron chi connectivity index (χ1n) is 7.44. The van der Waals surface area contributed by atoms with Crippen molar-refractivity contribution in [3.63, 3.8) is 0 Å². The number of esters is 1. The molecule has 0 fully saturated rings. The zero-order chi connectivity index (χ0) is 18.4. The van der Waals surface area contributed by atoms with E-state index in [1.165, 1.54) is 34.4 Å². The third kappa shape index (κ3) is 4.23. The van der Waals surface area contributed by atoms with E-state index in [2.05, 4.69) is 10.3 Å². The van der Waals surface area contributed by atoms with Crippen LogP contribution in [0.15, 0.2) is 30.6 Å². The smallest absolute Gasteiger partial charge is 0.340 e. The summed E-state index contributed by atoms with van der Waals surface area (Å²) in [5, 5.41) is 2.65. The number of benzene rings is 1. The second-order valence-corrected chi connectivity index (χ2v) is 5.05. The van der Waals surface area contributed by atoms with Gasteiger partial charge in [-0.25, -0.2) is 4.79 Å². The first-order valence-corrected chi connectivity index (χ1v) is 7.44. The van der Waals surface area contributed by atoms with Gasteiger partial charge in [0.2, 0.25) is 5.75 Å². The molecule has 8 heteroatoms. The molecule has 1 amide bonds. The van der Waals surface area contributed by atoms with Gasteiger partial charge in [-0.1, -0.05) is 0 Å². The number of hydrogen-bond acceptors (Lipinski definition) is 6. The number of nitrogens with one attached hydrogen (secondary N) is 2. The molecule has 0 saturated heterocycles. The van der Waals surface area contributed by atoms with Crippen LogP contribution in [0.3, 0.4) is 0 Å². The Labute approximate surface area is 145 Å². The van der Waals surface area contributed by atoms with E-state index in [0.29, 0.717) is 28.5 Å². The first-order chi connectivity index (χ1) is 12.0. The van der Waals surface area contributed by atoms with Gasteiger partial charge in [-0.3, -0.25) is 4.79 Å². The molecule has 1 heterocycles. The molecule has 1 unspecified atom stereocenters. The van der Waals surface area contributed by atoms with Crippen molar-refractivity contribution in [1.29, 1.82) is 0 Å². The van der Waals surface area contributed by atoms with Crippen LogP contribution >= 0.6 is 0 Å². The van der Waals surface area contributed by atoms with Crippen molar-refractivity contribution in [3.8, 4) is 17.2 Å². The van der Waals surface area contributed by atoms with Gasteiger partial charge in [-0.2, -0.15) is 0 Å². The Balaban J connectivity index is 2.10. The third-order valence-electron chi connectivity index (χ3n) is 3.42. The maximum atomic E-state index is 12.3. The molecular weight excluding hydrogens is 328 g/mol. The number of carbonyl (C=O) groups is 2. The van der Waals surface area contributed by atoms with Crippen molar-refractivity contribution in [2.45, 2.75) is 13.0 Å². The van der Waals surface area contributed by atoms with Gasteiger partial charge in [-0.15, -0.1) is 0 Å². The van der Waals surface area contributed by atoms with Crippen LogP contribution < -0.4 is 19.5 Å². The number of aromatic nitrogens is 1. The summed E-state index contributed by atoms with van der Waals surface area (Å²) in [6, 6.07) is 4.73. The molecule has 1 atom stereocenters. The van der Waals surface area contributed by atoms with Crippen LogP contribution in [-0.2, 0) is 9.53 Å². The van der Waals surface area contributed by atoms with E-state index >= 15 is 0 Å². The van der Waals surface area contributed by atoms with Crippen molar-refractivity contribution >= 4 is 17.6 Å². The number of carbonyl (C=O) groups excluding carboxylic acids is 2. The predicted molar refractivity (Wildman–Crippen MR) is 90.4 cm³/mol. The van der Waals surface area contributed by atoms with E-state index in [1.54, 1.807) is 24.4 Å². The molecule has 2 rings (SSSR count). The van der Waals surface area contributed by atoms with Crippen molar-refractivity contribution < 1.29 is 28.5 Å². The molecule has 0 bridgehead atoms.